The van der Waals surface area contributed by atoms with E-state index in [1.165, 1.54) is 12.8 Å². The fourth-order valence-corrected chi connectivity index (χ4v) is 3.83. The van der Waals surface area contributed by atoms with Gasteiger partial charge < -0.3 is 0 Å². The van der Waals surface area contributed by atoms with E-state index in [2.05, 4.69) is 0 Å². The zero-order chi connectivity index (χ0) is 12.9. The highest BCUT2D eigenvalue weighted by molar-refractivity contribution is 5.01. The van der Waals surface area contributed by atoms with Crippen LogP contribution in [0.1, 0.15) is 89.9 Å². The van der Waals surface area contributed by atoms with E-state index in [1.54, 1.807) is 0 Å². The van der Waals surface area contributed by atoms with Crippen LogP contribution in [0.5, 0.6) is 0 Å². The first-order valence-electron chi connectivity index (χ1n) is 8.04. The normalized spacial score (nSPS) is 29.7. The van der Waals surface area contributed by atoms with Crippen molar-refractivity contribution in [2.75, 3.05) is 0 Å². The number of halogens is 2. The van der Waals surface area contributed by atoms with Crippen molar-refractivity contribution in [2.45, 2.75) is 101 Å². The van der Waals surface area contributed by atoms with Gasteiger partial charge in [0.25, 0.3) is 0 Å². The van der Waals surface area contributed by atoms with Crippen LogP contribution in [0.3, 0.4) is 0 Å². The molecule has 0 atom stereocenters. The predicted octanol–water partition coefficient (Wildman–Crippen LogP) is 5.89. The molecule has 2 heteroatoms. The molecule has 0 spiro atoms. The number of alkyl halides is 2. The van der Waals surface area contributed by atoms with E-state index in [0.717, 1.165) is 51.4 Å². The number of hydrogen-bond donors (Lipinski definition) is 0. The lowest BCUT2D eigenvalue weighted by molar-refractivity contribution is -0.0734. The molecule has 2 aliphatic rings. The fourth-order valence-electron chi connectivity index (χ4n) is 3.83. The summed E-state index contributed by atoms with van der Waals surface area (Å²) in [6.07, 6.45) is 12.1. The van der Waals surface area contributed by atoms with Gasteiger partial charge in [0, 0.05) is 0 Å². The van der Waals surface area contributed by atoms with Crippen molar-refractivity contribution in [3.8, 4) is 0 Å². The Labute approximate surface area is 111 Å². The third kappa shape index (κ3) is 3.24. The lowest BCUT2D eigenvalue weighted by Crippen LogP contribution is -2.48. The Balaban J connectivity index is 2.07. The van der Waals surface area contributed by atoms with Crippen molar-refractivity contribution in [1.82, 2.24) is 0 Å². The zero-order valence-corrected chi connectivity index (χ0v) is 11.7. The molecule has 106 valence electrons. The molecule has 0 bridgehead atoms. The summed E-state index contributed by atoms with van der Waals surface area (Å²) in [6.45, 7) is 0. The van der Waals surface area contributed by atoms with Gasteiger partial charge in [-0.1, -0.05) is 64.2 Å². The molecule has 2 saturated carbocycles. The van der Waals surface area contributed by atoms with Gasteiger partial charge in [0.2, 0.25) is 0 Å². The average Bonchev–Trinajstić information content (AvgIpc) is 2.29. The quantitative estimate of drug-likeness (QED) is 0.550. The van der Waals surface area contributed by atoms with E-state index >= 15 is 8.78 Å². The highest BCUT2D eigenvalue weighted by atomic mass is 19.2. The molecule has 2 rings (SSSR count). The molecule has 0 radical (unpaired) electrons. The lowest BCUT2D eigenvalue weighted by Gasteiger charge is -2.42. The summed E-state index contributed by atoms with van der Waals surface area (Å²) in [7, 11) is 0. The van der Waals surface area contributed by atoms with Crippen LogP contribution in [-0.2, 0) is 0 Å². The van der Waals surface area contributed by atoms with Gasteiger partial charge in [-0.15, -0.1) is 0 Å². The third-order valence-electron chi connectivity index (χ3n) is 5.10. The monoisotopic (exact) mass is 258 g/mol. The fraction of sp³-hybridized carbons (Fsp3) is 1.00. The molecule has 0 saturated heterocycles. The van der Waals surface area contributed by atoms with Crippen molar-refractivity contribution in [2.24, 2.45) is 0 Å². The standard InChI is InChI=1S/C16H28F2/c17-15(11-7-3-1-4-8-12-15)16(18)13-9-5-2-6-10-14-16/h1-14H2. The Kier molecular flexibility index (Phi) is 5.03. The number of rotatable bonds is 1. The van der Waals surface area contributed by atoms with Crippen molar-refractivity contribution in [3.63, 3.8) is 0 Å². The summed E-state index contributed by atoms with van der Waals surface area (Å²) in [5, 5.41) is 0. The van der Waals surface area contributed by atoms with Gasteiger partial charge in [-0.05, 0) is 25.7 Å². The Morgan fingerprint density at radius 2 is 0.611 bits per heavy atom. The Morgan fingerprint density at radius 1 is 0.389 bits per heavy atom. The SMILES string of the molecule is FC1(C2(F)CCCCCCC2)CCCCCCC1. The molecule has 0 aromatic carbocycles. The Hall–Kier alpha value is -0.140. The van der Waals surface area contributed by atoms with E-state index in [4.69, 9.17) is 0 Å². The molecule has 18 heavy (non-hydrogen) atoms. The Bertz CT molecular complexity index is 207. The van der Waals surface area contributed by atoms with Crippen LogP contribution in [0.25, 0.3) is 0 Å². The topological polar surface area (TPSA) is 0 Å². The maximum absolute atomic E-state index is 15.2. The minimum absolute atomic E-state index is 0.462. The molecule has 2 fully saturated rings. The van der Waals surface area contributed by atoms with Crippen molar-refractivity contribution >= 4 is 0 Å². The van der Waals surface area contributed by atoms with E-state index in [0.29, 0.717) is 25.7 Å². The largest absolute Gasteiger partial charge is 0.240 e. The summed E-state index contributed by atoms with van der Waals surface area (Å²) in [4.78, 5) is 0. The van der Waals surface area contributed by atoms with Gasteiger partial charge in [-0.25, -0.2) is 8.78 Å². The molecule has 0 unspecified atom stereocenters. The average molecular weight is 258 g/mol. The highest BCUT2D eigenvalue weighted by Gasteiger charge is 2.51. The van der Waals surface area contributed by atoms with Gasteiger partial charge in [0.05, 0.1) is 0 Å². The van der Waals surface area contributed by atoms with Gasteiger partial charge in [0.15, 0.2) is 0 Å². The summed E-state index contributed by atoms with van der Waals surface area (Å²) < 4.78 is 30.4. The molecule has 0 aromatic heterocycles. The second-order valence-corrected chi connectivity index (χ2v) is 6.47. The van der Waals surface area contributed by atoms with E-state index < -0.39 is 11.3 Å². The first-order chi connectivity index (χ1) is 8.66. The van der Waals surface area contributed by atoms with Crippen LogP contribution >= 0.6 is 0 Å². The van der Waals surface area contributed by atoms with Gasteiger partial charge in [-0.2, -0.15) is 0 Å². The number of hydrogen-bond acceptors (Lipinski definition) is 0. The molecule has 0 nitrogen and oxygen atoms in total. The summed E-state index contributed by atoms with van der Waals surface area (Å²) in [5.41, 5.74) is -3.05. The molecule has 0 aliphatic heterocycles. The van der Waals surface area contributed by atoms with Crippen LogP contribution < -0.4 is 0 Å². The summed E-state index contributed by atoms with van der Waals surface area (Å²) >= 11 is 0. The molecule has 0 N–H and O–H groups in total. The minimum atomic E-state index is -1.52. The lowest BCUT2D eigenvalue weighted by atomic mass is 9.71. The first-order valence-corrected chi connectivity index (χ1v) is 8.04. The molecule has 0 amide bonds. The van der Waals surface area contributed by atoms with E-state index in [9.17, 15) is 0 Å². The van der Waals surface area contributed by atoms with Crippen LogP contribution in [0, 0.1) is 0 Å². The molecule has 0 heterocycles. The second kappa shape index (κ2) is 6.34. The zero-order valence-electron chi connectivity index (χ0n) is 11.7. The maximum atomic E-state index is 15.2. The minimum Gasteiger partial charge on any atom is -0.240 e. The predicted molar refractivity (Wildman–Crippen MR) is 72.3 cm³/mol. The highest BCUT2D eigenvalue weighted by Crippen LogP contribution is 2.47. The third-order valence-corrected chi connectivity index (χ3v) is 5.10. The van der Waals surface area contributed by atoms with Gasteiger partial charge >= 0.3 is 0 Å². The van der Waals surface area contributed by atoms with Crippen molar-refractivity contribution in [3.05, 3.63) is 0 Å². The van der Waals surface area contributed by atoms with Gasteiger partial charge in [-0.3, -0.25) is 0 Å². The van der Waals surface area contributed by atoms with Crippen LogP contribution in [-0.4, -0.2) is 11.3 Å². The van der Waals surface area contributed by atoms with Crippen molar-refractivity contribution < 1.29 is 8.78 Å². The second-order valence-electron chi connectivity index (χ2n) is 6.47. The van der Waals surface area contributed by atoms with E-state index in [-0.39, 0.29) is 0 Å². The summed E-state index contributed by atoms with van der Waals surface area (Å²) in [6, 6.07) is 0. The smallest absolute Gasteiger partial charge is 0.144 e. The molecular formula is C16H28F2. The van der Waals surface area contributed by atoms with Crippen LogP contribution in [0.2, 0.25) is 0 Å². The first kappa shape index (κ1) is 14.3. The van der Waals surface area contributed by atoms with Crippen molar-refractivity contribution in [1.29, 1.82) is 0 Å². The molecular weight excluding hydrogens is 230 g/mol. The Morgan fingerprint density at radius 3 is 0.889 bits per heavy atom. The van der Waals surface area contributed by atoms with E-state index in [1.807, 2.05) is 0 Å². The maximum Gasteiger partial charge on any atom is 0.144 e. The molecule has 2 aliphatic carbocycles. The van der Waals surface area contributed by atoms with Gasteiger partial charge in [0.1, 0.15) is 11.3 Å². The van der Waals surface area contributed by atoms with Crippen LogP contribution in [0.4, 0.5) is 8.78 Å². The molecule has 0 aromatic rings. The van der Waals surface area contributed by atoms with Crippen LogP contribution in [0.15, 0.2) is 0 Å². The summed E-state index contributed by atoms with van der Waals surface area (Å²) in [5.74, 6) is 0.